The van der Waals surface area contributed by atoms with Gasteiger partial charge in [-0.05, 0) is 64.1 Å². The van der Waals surface area contributed by atoms with Crippen LogP contribution in [0, 0.1) is 27.7 Å². The zero-order valence-corrected chi connectivity index (χ0v) is 18.1. The Morgan fingerprint density at radius 1 is 0.435 bits per heavy atom. The van der Waals surface area contributed by atoms with Crippen LogP contribution in [0.5, 0.6) is 0 Å². The van der Waals surface area contributed by atoms with Crippen LogP contribution in [0.25, 0.3) is 9.75 Å². The topological polar surface area (TPSA) is 0 Å². The average Bonchev–Trinajstić information content (AvgIpc) is 3.27. The first-order valence-corrected chi connectivity index (χ1v) is 10.7. The Hall–Kier alpha value is -0.900. The number of aryl methyl sites for hydroxylation is 4. The largest absolute Gasteiger partial charge is 0.146 e. The number of thiophene rings is 3. The van der Waals surface area contributed by atoms with Gasteiger partial charge in [0.25, 0.3) is 0 Å². The van der Waals surface area contributed by atoms with Crippen molar-refractivity contribution in [2.24, 2.45) is 0 Å². The van der Waals surface area contributed by atoms with Gasteiger partial charge in [0.2, 0.25) is 0 Å². The minimum atomic E-state index is 1.39. The predicted octanol–water partition coefficient (Wildman–Crippen LogP) is 8.51. The van der Waals surface area contributed by atoms with Crippen LogP contribution in [0.4, 0.5) is 0 Å². The van der Waals surface area contributed by atoms with Crippen molar-refractivity contribution in [1.82, 2.24) is 0 Å². The molecular weight excluding hydrogens is 336 g/mol. The molecule has 0 N–H and O–H groups in total. The molecular formula is C20H30S3. The third-order valence-electron chi connectivity index (χ3n) is 2.60. The molecule has 0 saturated heterocycles. The standard InChI is InChI=1S/C10H10S2.C6H8S.2C2H6/c1-7-3-5-9(11-7)10-6-4-8(2)12-10;1-5-3-4-6(2)7-5;2*1-2/h3-6H,1-2H3;3-4H,1-2H3;2*1-2H3. The van der Waals surface area contributed by atoms with Crippen LogP contribution in [-0.2, 0) is 0 Å². The van der Waals surface area contributed by atoms with E-state index in [2.05, 4.69) is 64.1 Å². The minimum Gasteiger partial charge on any atom is -0.146 e. The molecule has 0 aliphatic carbocycles. The molecule has 0 aliphatic rings. The van der Waals surface area contributed by atoms with E-state index >= 15 is 0 Å². The maximum atomic E-state index is 2.20. The van der Waals surface area contributed by atoms with Crippen molar-refractivity contribution < 1.29 is 0 Å². The lowest BCUT2D eigenvalue weighted by Crippen LogP contribution is -1.55. The smallest absolute Gasteiger partial charge is 0.0445 e. The van der Waals surface area contributed by atoms with E-state index < -0.39 is 0 Å². The highest BCUT2D eigenvalue weighted by Gasteiger charge is 2.01. The third-order valence-corrected chi connectivity index (χ3v) is 5.71. The second-order valence-corrected chi connectivity index (χ2v) is 8.55. The van der Waals surface area contributed by atoms with Crippen molar-refractivity contribution in [2.45, 2.75) is 55.4 Å². The van der Waals surface area contributed by atoms with Gasteiger partial charge in [-0.3, -0.25) is 0 Å². The summed E-state index contributed by atoms with van der Waals surface area (Å²) in [6.07, 6.45) is 0. The minimum absolute atomic E-state index is 1.39. The Kier molecular flexibility index (Phi) is 12.0. The molecule has 0 atom stereocenters. The van der Waals surface area contributed by atoms with Gasteiger partial charge in [-0.25, -0.2) is 0 Å². The van der Waals surface area contributed by atoms with Crippen LogP contribution < -0.4 is 0 Å². The van der Waals surface area contributed by atoms with E-state index in [1.165, 1.54) is 29.3 Å². The zero-order chi connectivity index (χ0) is 17.8. The molecule has 0 spiro atoms. The molecule has 3 aromatic rings. The molecule has 3 aromatic heterocycles. The van der Waals surface area contributed by atoms with Gasteiger partial charge in [-0.2, -0.15) is 0 Å². The Bertz CT molecular complexity index is 586. The molecule has 0 aromatic carbocycles. The van der Waals surface area contributed by atoms with Gasteiger partial charge >= 0.3 is 0 Å². The molecule has 3 rings (SSSR count). The molecule has 0 saturated carbocycles. The normalized spacial score (nSPS) is 8.87. The Morgan fingerprint density at radius 3 is 0.870 bits per heavy atom. The van der Waals surface area contributed by atoms with Crippen molar-refractivity contribution in [2.75, 3.05) is 0 Å². The van der Waals surface area contributed by atoms with Gasteiger partial charge < -0.3 is 0 Å². The quantitative estimate of drug-likeness (QED) is 0.405. The summed E-state index contributed by atoms with van der Waals surface area (Å²) in [6.45, 7) is 16.5. The second-order valence-electron chi connectivity index (χ2n) is 4.48. The van der Waals surface area contributed by atoms with Gasteiger partial charge in [0, 0.05) is 29.3 Å². The Balaban J connectivity index is 0.000000377. The molecule has 0 amide bonds. The van der Waals surface area contributed by atoms with E-state index in [1.54, 1.807) is 0 Å². The lowest BCUT2D eigenvalue weighted by atomic mass is 10.3. The van der Waals surface area contributed by atoms with Crippen LogP contribution in [0.1, 0.15) is 47.2 Å². The van der Waals surface area contributed by atoms with Crippen LogP contribution >= 0.6 is 34.0 Å². The second kappa shape index (κ2) is 12.5. The number of hydrogen-bond donors (Lipinski definition) is 0. The highest BCUT2D eigenvalue weighted by molar-refractivity contribution is 7.22. The molecule has 0 bridgehead atoms. The van der Waals surface area contributed by atoms with Crippen molar-refractivity contribution in [3.63, 3.8) is 0 Å². The van der Waals surface area contributed by atoms with E-state index in [1.807, 2.05) is 61.7 Å². The molecule has 3 heterocycles. The first kappa shape index (κ1) is 22.1. The summed E-state index contributed by atoms with van der Waals surface area (Å²) in [5.41, 5.74) is 0. The summed E-state index contributed by atoms with van der Waals surface area (Å²) in [7, 11) is 0. The summed E-state index contributed by atoms with van der Waals surface area (Å²) in [6, 6.07) is 13.0. The maximum absolute atomic E-state index is 2.20. The van der Waals surface area contributed by atoms with Crippen LogP contribution in [0.3, 0.4) is 0 Å². The average molecular weight is 367 g/mol. The molecule has 128 valence electrons. The summed E-state index contributed by atoms with van der Waals surface area (Å²) in [5.74, 6) is 0. The SMILES string of the molecule is CC.CC.Cc1ccc(-c2ccc(C)s2)s1.Cc1ccc(C)s1. The fourth-order valence-electron chi connectivity index (χ4n) is 1.69. The molecule has 23 heavy (non-hydrogen) atoms. The fourth-order valence-corrected chi connectivity index (χ4v) is 4.30. The van der Waals surface area contributed by atoms with E-state index in [0.717, 1.165) is 0 Å². The van der Waals surface area contributed by atoms with E-state index in [-0.39, 0.29) is 0 Å². The van der Waals surface area contributed by atoms with Gasteiger partial charge in [0.15, 0.2) is 0 Å². The summed E-state index contributed by atoms with van der Waals surface area (Å²) >= 11 is 5.57. The summed E-state index contributed by atoms with van der Waals surface area (Å²) < 4.78 is 0. The maximum Gasteiger partial charge on any atom is 0.0445 e. The van der Waals surface area contributed by atoms with Crippen LogP contribution in [0.2, 0.25) is 0 Å². The molecule has 0 unspecified atom stereocenters. The summed E-state index contributed by atoms with van der Waals surface area (Å²) in [5, 5.41) is 0. The third kappa shape index (κ3) is 8.50. The van der Waals surface area contributed by atoms with E-state index in [4.69, 9.17) is 0 Å². The number of rotatable bonds is 1. The molecule has 0 nitrogen and oxygen atoms in total. The van der Waals surface area contributed by atoms with Crippen molar-refractivity contribution in [3.8, 4) is 9.75 Å². The first-order valence-electron chi connectivity index (χ1n) is 8.21. The molecule has 3 heteroatoms. The van der Waals surface area contributed by atoms with E-state index in [0.29, 0.717) is 0 Å². The van der Waals surface area contributed by atoms with Gasteiger partial charge in [0.1, 0.15) is 0 Å². The highest BCUT2D eigenvalue weighted by Crippen LogP contribution is 2.32. The van der Waals surface area contributed by atoms with Gasteiger partial charge in [-0.15, -0.1) is 34.0 Å². The van der Waals surface area contributed by atoms with Crippen LogP contribution in [-0.4, -0.2) is 0 Å². The summed E-state index contributed by atoms with van der Waals surface area (Å²) in [4.78, 5) is 8.36. The van der Waals surface area contributed by atoms with Crippen molar-refractivity contribution >= 4 is 34.0 Å². The fraction of sp³-hybridized carbons (Fsp3) is 0.400. The van der Waals surface area contributed by atoms with Crippen molar-refractivity contribution in [3.05, 3.63) is 55.9 Å². The van der Waals surface area contributed by atoms with E-state index in [9.17, 15) is 0 Å². The predicted molar refractivity (Wildman–Crippen MR) is 114 cm³/mol. The van der Waals surface area contributed by atoms with Gasteiger partial charge in [-0.1, -0.05) is 27.7 Å². The molecule has 0 radical (unpaired) electrons. The zero-order valence-electron chi connectivity index (χ0n) is 15.7. The van der Waals surface area contributed by atoms with Crippen LogP contribution in [0.15, 0.2) is 36.4 Å². The highest BCUT2D eigenvalue weighted by atomic mass is 32.1. The Labute approximate surface area is 154 Å². The molecule has 0 fully saturated rings. The van der Waals surface area contributed by atoms with Gasteiger partial charge in [0.05, 0.1) is 0 Å². The van der Waals surface area contributed by atoms with Crippen molar-refractivity contribution in [1.29, 1.82) is 0 Å². The number of hydrogen-bond acceptors (Lipinski definition) is 3. The first-order chi connectivity index (χ1) is 11.0. The monoisotopic (exact) mass is 366 g/mol. The lowest BCUT2D eigenvalue weighted by molar-refractivity contribution is 1.50. The molecule has 0 aliphatic heterocycles. The lowest BCUT2D eigenvalue weighted by Gasteiger charge is -1.87. The Morgan fingerprint density at radius 2 is 0.696 bits per heavy atom.